The Morgan fingerprint density at radius 1 is 1.28 bits per heavy atom. The molecule has 2 rings (SSSR count). The van der Waals surface area contributed by atoms with E-state index >= 15 is 0 Å². The molecule has 5 heteroatoms. The second-order valence-corrected chi connectivity index (χ2v) is 6.69. The molecule has 134 valence electrons. The first kappa shape index (κ1) is 18.9. The third kappa shape index (κ3) is 4.79. The van der Waals surface area contributed by atoms with Crippen molar-refractivity contribution < 1.29 is 9.90 Å². The van der Waals surface area contributed by atoms with E-state index in [4.69, 9.17) is 0 Å². The first-order chi connectivity index (χ1) is 11.9. The molecular weight excluding hydrogens is 316 g/mol. The lowest BCUT2D eigenvalue weighted by atomic mass is 9.94. The van der Waals surface area contributed by atoms with Crippen LogP contribution >= 0.6 is 0 Å². The number of nitrogens with zero attached hydrogens (tertiary/aromatic N) is 1. The summed E-state index contributed by atoms with van der Waals surface area (Å²) in [5, 5.41) is 12.1. The summed E-state index contributed by atoms with van der Waals surface area (Å²) in [5.74, 6) is -0.401. The zero-order valence-corrected chi connectivity index (χ0v) is 15.1. The molecule has 1 unspecified atom stereocenters. The maximum atomic E-state index is 12.7. The van der Waals surface area contributed by atoms with Gasteiger partial charge in [-0.25, -0.2) is 0 Å². The van der Waals surface area contributed by atoms with Crippen LogP contribution in [-0.2, 0) is 6.54 Å². The molecule has 0 aliphatic rings. The van der Waals surface area contributed by atoms with Gasteiger partial charge in [-0.3, -0.25) is 9.59 Å². The molecular formula is C20H26N2O3. The minimum absolute atomic E-state index is 0.0169. The van der Waals surface area contributed by atoms with Gasteiger partial charge in [-0.2, -0.15) is 0 Å². The lowest BCUT2D eigenvalue weighted by molar-refractivity contribution is 0.0884. The molecule has 0 saturated heterocycles. The number of aliphatic hydroxyl groups is 1. The van der Waals surface area contributed by atoms with E-state index in [0.29, 0.717) is 19.4 Å². The fraction of sp³-hybridized carbons (Fsp3) is 0.400. The van der Waals surface area contributed by atoms with Crippen molar-refractivity contribution in [2.75, 3.05) is 6.61 Å². The average Bonchev–Trinajstić information content (AvgIpc) is 2.57. The van der Waals surface area contributed by atoms with Gasteiger partial charge in [0.1, 0.15) is 5.56 Å². The Morgan fingerprint density at radius 2 is 2.04 bits per heavy atom. The van der Waals surface area contributed by atoms with Gasteiger partial charge in [0.05, 0.1) is 6.54 Å². The summed E-state index contributed by atoms with van der Waals surface area (Å²) in [6.45, 7) is 6.22. The second-order valence-electron chi connectivity index (χ2n) is 6.69. The number of amides is 1. The number of hydrogen-bond donors (Lipinski definition) is 2. The molecule has 0 radical (unpaired) electrons. The highest BCUT2D eigenvalue weighted by Gasteiger charge is 2.25. The summed E-state index contributed by atoms with van der Waals surface area (Å²) in [5.41, 5.74) is 1.41. The smallest absolute Gasteiger partial charge is 0.263 e. The Balaban J connectivity index is 2.25. The third-order valence-electron chi connectivity index (χ3n) is 4.56. The first-order valence-electron chi connectivity index (χ1n) is 8.57. The molecule has 2 N–H and O–H groups in total. The number of benzene rings is 1. The summed E-state index contributed by atoms with van der Waals surface area (Å²) in [6.07, 6.45) is 2.80. The van der Waals surface area contributed by atoms with E-state index in [0.717, 1.165) is 11.1 Å². The molecule has 0 aliphatic heterocycles. The minimum Gasteiger partial charge on any atom is -0.396 e. The number of nitrogens with one attached hydrogen (secondary N) is 1. The molecule has 0 saturated carbocycles. The highest BCUT2D eigenvalue weighted by atomic mass is 16.3. The van der Waals surface area contributed by atoms with Gasteiger partial charge in [0.25, 0.3) is 11.5 Å². The number of hydrogen-bond acceptors (Lipinski definition) is 3. The van der Waals surface area contributed by atoms with Crippen molar-refractivity contribution in [2.45, 2.75) is 45.7 Å². The molecule has 0 fully saturated rings. The van der Waals surface area contributed by atoms with E-state index in [9.17, 15) is 14.7 Å². The number of aromatic nitrogens is 1. The number of carbonyl (C=O) groups excluding carboxylic acids is 1. The van der Waals surface area contributed by atoms with Crippen molar-refractivity contribution in [2.24, 2.45) is 0 Å². The van der Waals surface area contributed by atoms with Gasteiger partial charge in [-0.15, -0.1) is 0 Å². The molecule has 0 aliphatic carbocycles. The van der Waals surface area contributed by atoms with Gasteiger partial charge >= 0.3 is 0 Å². The van der Waals surface area contributed by atoms with Crippen molar-refractivity contribution >= 4 is 5.91 Å². The number of aliphatic hydroxyl groups excluding tert-OH is 1. The van der Waals surface area contributed by atoms with Crippen LogP contribution in [0.4, 0.5) is 0 Å². The summed E-state index contributed by atoms with van der Waals surface area (Å²) in [4.78, 5) is 25.3. The van der Waals surface area contributed by atoms with Gasteiger partial charge in [-0.1, -0.05) is 36.8 Å². The maximum absolute atomic E-state index is 12.7. The average molecular weight is 342 g/mol. The fourth-order valence-electron chi connectivity index (χ4n) is 2.76. The molecule has 25 heavy (non-hydrogen) atoms. The maximum Gasteiger partial charge on any atom is 0.263 e. The molecule has 1 heterocycles. The van der Waals surface area contributed by atoms with E-state index in [1.54, 1.807) is 22.9 Å². The number of rotatable bonds is 7. The van der Waals surface area contributed by atoms with Gasteiger partial charge in [0.2, 0.25) is 0 Å². The summed E-state index contributed by atoms with van der Waals surface area (Å²) in [7, 11) is 0. The lowest BCUT2D eigenvalue weighted by Gasteiger charge is -2.28. The van der Waals surface area contributed by atoms with Crippen LogP contribution in [0.25, 0.3) is 0 Å². The van der Waals surface area contributed by atoms with Crippen LogP contribution in [0, 0.1) is 6.92 Å². The first-order valence-corrected chi connectivity index (χ1v) is 8.57. The van der Waals surface area contributed by atoms with E-state index in [-0.39, 0.29) is 17.7 Å². The topological polar surface area (TPSA) is 71.3 Å². The predicted octanol–water partition coefficient (Wildman–Crippen LogP) is 2.49. The third-order valence-corrected chi connectivity index (χ3v) is 4.56. The van der Waals surface area contributed by atoms with E-state index < -0.39 is 11.4 Å². The van der Waals surface area contributed by atoms with E-state index in [2.05, 4.69) is 5.32 Å². The van der Waals surface area contributed by atoms with E-state index in [1.165, 1.54) is 0 Å². The summed E-state index contributed by atoms with van der Waals surface area (Å²) >= 11 is 0. The molecule has 1 aromatic heterocycles. The predicted molar refractivity (Wildman–Crippen MR) is 98.8 cm³/mol. The van der Waals surface area contributed by atoms with Gasteiger partial charge in [-0.05, 0) is 44.4 Å². The molecule has 1 amide bonds. The molecule has 1 aromatic carbocycles. The van der Waals surface area contributed by atoms with Crippen LogP contribution in [0.2, 0.25) is 0 Å². The zero-order valence-electron chi connectivity index (χ0n) is 15.1. The van der Waals surface area contributed by atoms with Crippen molar-refractivity contribution in [3.63, 3.8) is 0 Å². The standard InChI is InChI=1S/C20H26N2O3/c1-4-20(3,10-12-23)21-18(24)17-9-6-11-22(19(17)25)14-16-8-5-7-15(2)13-16/h5-9,11,13,23H,4,10,12,14H2,1-3H3,(H,21,24). The molecule has 0 spiro atoms. The fourth-order valence-corrected chi connectivity index (χ4v) is 2.76. The van der Waals surface area contributed by atoms with Crippen molar-refractivity contribution in [3.05, 3.63) is 69.6 Å². The monoisotopic (exact) mass is 342 g/mol. The van der Waals surface area contributed by atoms with Crippen molar-refractivity contribution in [1.82, 2.24) is 9.88 Å². The van der Waals surface area contributed by atoms with Crippen molar-refractivity contribution in [1.29, 1.82) is 0 Å². The highest BCUT2D eigenvalue weighted by Crippen LogP contribution is 2.14. The number of aryl methyl sites for hydroxylation is 1. The van der Waals surface area contributed by atoms with Gasteiger partial charge in [0.15, 0.2) is 0 Å². The van der Waals surface area contributed by atoms with Crippen LogP contribution in [0.1, 0.15) is 48.2 Å². The Bertz CT molecular complexity index is 798. The largest absolute Gasteiger partial charge is 0.396 e. The molecule has 5 nitrogen and oxygen atoms in total. The minimum atomic E-state index is -0.532. The van der Waals surface area contributed by atoms with Crippen LogP contribution < -0.4 is 10.9 Å². The molecule has 0 bridgehead atoms. The Hall–Kier alpha value is -2.40. The van der Waals surface area contributed by atoms with Crippen LogP contribution in [0.15, 0.2) is 47.4 Å². The SMILES string of the molecule is CCC(C)(CCO)NC(=O)c1cccn(Cc2cccc(C)c2)c1=O. The highest BCUT2D eigenvalue weighted by molar-refractivity contribution is 5.94. The van der Waals surface area contributed by atoms with Crippen LogP contribution in [0.5, 0.6) is 0 Å². The van der Waals surface area contributed by atoms with Gasteiger partial charge in [0, 0.05) is 18.3 Å². The second kappa shape index (κ2) is 8.12. The van der Waals surface area contributed by atoms with Crippen LogP contribution in [0.3, 0.4) is 0 Å². The molecule has 1 atom stereocenters. The Labute approximate surface area is 148 Å². The summed E-state index contributed by atoms with van der Waals surface area (Å²) in [6, 6.07) is 11.2. The Morgan fingerprint density at radius 3 is 2.68 bits per heavy atom. The number of carbonyl (C=O) groups is 1. The quantitative estimate of drug-likeness (QED) is 0.812. The Kier molecular flexibility index (Phi) is 6.15. The lowest BCUT2D eigenvalue weighted by Crippen LogP contribution is -2.47. The summed E-state index contributed by atoms with van der Waals surface area (Å²) < 4.78 is 1.54. The number of pyridine rings is 1. The van der Waals surface area contributed by atoms with E-state index in [1.807, 2.05) is 45.0 Å². The van der Waals surface area contributed by atoms with Crippen molar-refractivity contribution in [3.8, 4) is 0 Å². The van der Waals surface area contributed by atoms with Crippen LogP contribution in [-0.4, -0.2) is 27.7 Å². The normalized spacial score (nSPS) is 13.3. The molecule has 2 aromatic rings. The van der Waals surface area contributed by atoms with Gasteiger partial charge < -0.3 is 15.0 Å². The zero-order chi connectivity index (χ0) is 18.4.